The van der Waals surface area contributed by atoms with Gasteiger partial charge < -0.3 is 4.90 Å². The van der Waals surface area contributed by atoms with Crippen molar-refractivity contribution < 1.29 is 4.39 Å². The van der Waals surface area contributed by atoms with Crippen molar-refractivity contribution in [2.75, 3.05) is 33.2 Å². The molecule has 13 heavy (non-hydrogen) atoms. The fraction of sp³-hybridized carbons (Fsp3) is 1.00. The molecule has 2 unspecified atom stereocenters. The molecule has 0 radical (unpaired) electrons. The summed E-state index contributed by atoms with van der Waals surface area (Å²) in [6, 6.07) is 0.221. The molecular formula is C10H19FN2. The van der Waals surface area contributed by atoms with Crippen LogP contribution < -0.4 is 0 Å². The predicted octanol–water partition coefficient (Wildman–Crippen LogP) is 1.12. The second-order valence-corrected chi connectivity index (χ2v) is 4.38. The third-order valence-electron chi connectivity index (χ3n) is 3.32. The normalized spacial score (nSPS) is 38.3. The fourth-order valence-electron chi connectivity index (χ4n) is 2.53. The van der Waals surface area contributed by atoms with Gasteiger partial charge in [0.15, 0.2) is 0 Å². The molecule has 0 saturated carbocycles. The van der Waals surface area contributed by atoms with Gasteiger partial charge in [-0.1, -0.05) is 0 Å². The van der Waals surface area contributed by atoms with Crippen LogP contribution in [0.2, 0.25) is 0 Å². The van der Waals surface area contributed by atoms with Gasteiger partial charge >= 0.3 is 0 Å². The smallest absolute Gasteiger partial charge is 0.128 e. The third kappa shape index (κ3) is 2.02. The maximum atomic E-state index is 13.7. The van der Waals surface area contributed by atoms with E-state index in [1.165, 1.54) is 12.8 Å². The minimum atomic E-state index is -0.628. The highest BCUT2D eigenvalue weighted by molar-refractivity contribution is 4.88. The maximum Gasteiger partial charge on any atom is 0.128 e. The summed E-state index contributed by atoms with van der Waals surface area (Å²) in [6.07, 6.45) is 2.91. The van der Waals surface area contributed by atoms with E-state index in [0.717, 1.165) is 26.1 Å². The molecule has 3 heteroatoms. The summed E-state index contributed by atoms with van der Waals surface area (Å²) in [4.78, 5) is 4.44. The second-order valence-electron chi connectivity index (χ2n) is 4.38. The minimum absolute atomic E-state index is 0.221. The van der Waals surface area contributed by atoms with Crippen LogP contribution in [0.4, 0.5) is 4.39 Å². The molecule has 2 atom stereocenters. The van der Waals surface area contributed by atoms with Crippen LogP contribution in [0.5, 0.6) is 0 Å². The van der Waals surface area contributed by atoms with E-state index >= 15 is 0 Å². The number of likely N-dealkylation sites (tertiary alicyclic amines) is 2. The molecule has 0 spiro atoms. The number of rotatable bonds is 1. The monoisotopic (exact) mass is 186 g/mol. The molecule has 2 heterocycles. The first-order valence-electron chi connectivity index (χ1n) is 5.34. The molecule has 2 saturated heterocycles. The van der Waals surface area contributed by atoms with Crippen molar-refractivity contribution in [3.05, 3.63) is 0 Å². The van der Waals surface area contributed by atoms with Crippen LogP contribution in [0, 0.1) is 0 Å². The van der Waals surface area contributed by atoms with Gasteiger partial charge in [0.1, 0.15) is 6.17 Å². The van der Waals surface area contributed by atoms with Crippen LogP contribution in [0.3, 0.4) is 0 Å². The Morgan fingerprint density at radius 3 is 2.46 bits per heavy atom. The van der Waals surface area contributed by atoms with Gasteiger partial charge in [-0.2, -0.15) is 0 Å². The number of hydrogen-bond donors (Lipinski definition) is 0. The molecule has 2 rings (SSSR count). The molecule has 0 aliphatic carbocycles. The van der Waals surface area contributed by atoms with Gasteiger partial charge in [-0.25, -0.2) is 4.39 Å². The summed E-state index contributed by atoms with van der Waals surface area (Å²) in [5, 5.41) is 0. The van der Waals surface area contributed by atoms with E-state index in [1.54, 1.807) is 0 Å². The predicted molar refractivity (Wildman–Crippen MR) is 51.6 cm³/mol. The minimum Gasteiger partial charge on any atom is -0.303 e. The topological polar surface area (TPSA) is 6.48 Å². The van der Waals surface area contributed by atoms with Crippen LogP contribution in [0.1, 0.15) is 19.3 Å². The summed E-state index contributed by atoms with van der Waals surface area (Å²) >= 11 is 0. The number of halogens is 1. The average Bonchev–Trinajstić information content (AvgIpc) is 2.56. The molecular weight excluding hydrogens is 167 g/mol. The maximum absolute atomic E-state index is 13.7. The van der Waals surface area contributed by atoms with Crippen LogP contribution in [-0.2, 0) is 0 Å². The molecule has 2 fully saturated rings. The van der Waals surface area contributed by atoms with Gasteiger partial charge in [0, 0.05) is 12.6 Å². The third-order valence-corrected chi connectivity index (χ3v) is 3.32. The Hall–Kier alpha value is -0.150. The molecule has 0 aromatic heterocycles. The van der Waals surface area contributed by atoms with Crippen molar-refractivity contribution in [1.82, 2.24) is 9.80 Å². The molecule has 0 bridgehead atoms. The summed E-state index contributed by atoms with van der Waals surface area (Å²) in [5.41, 5.74) is 0. The first-order chi connectivity index (χ1) is 6.27. The van der Waals surface area contributed by atoms with Gasteiger partial charge in [-0.05, 0) is 45.9 Å². The van der Waals surface area contributed by atoms with Crippen molar-refractivity contribution in [3.8, 4) is 0 Å². The number of alkyl halides is 1. The molecule has 0 aromatic carbocycles. The van der Waals surface area contributed by atoms with E-state index in [2.05, 4.69) is 9.80 Å². The standard InChI is InChI=1S/C10H19FN2/c1-12-7-4-10(9(11)8-12)13-5-2-3-6-13/h9-10H,2-8H2,1H3. The molecule has 0 aromatic rings. The van der Waals surface area contributed by atoms with Gasteiger partial charge in [0.25, 0.3) is 0 Å². The van der Waals surface area contributed by atoms with E-state index < -0.39 is 6.17 Å². The Bertz CT molecular complexity index is 168. The summed E-state index contributed by atoms with van der Waals surface area (Å²) in [5.74, 6) is 0. The van der Waals surface area contributed by atoms with Gasteiger partial charge in [-0.15, -0.1) is 0 Å². The highest BCUT2D eigenvalue weighted by atomic mass is 19.1. The van der Waals surface area contributed by atoms with Crippen molar-refractivity contribution in [1.29, 1.82) is 0 Å². The lowest BCUT2D eigenvalue weighted by Gasteiger charge is -2.37. The molecule has 2 nitrogen and oxygen atoms in total. The Morgan fingerprint density at radius 2 is 1.85 bits per heavy atom. The number of nitrogens with zero attached hydrogens (tertiary/aromatic N) is 2. The summed E-state index contributed by atoms with van der Waals surface area (Å²) in [7, 11) is 2.01. The van der Waals surface area contributed by atoms with Gasteiger partial charge in [-0.3, -0.25) is 4.90 Å². The van der Waals surface area contributed by atoms with E-state index in [4.69, 9.17) is 0 Å². The van der Waals surface area contributed by atoms with Crippen LogP contribution in [0.15, 0.2) is 0 Å². The zero-order valence-electron chi connectivity index (χ0n) is 8.38. The second kappa shape index (κ2) is 3.93. The Morgan fingerprint density at radius 1 is 1.15 bits per heavy atom. The lowest BCUT2D eigenvalue weighted by molar-refractivity contribution is 0.0568. The quantitative estimate of drug-likeness (QED) is 0.605. The van der Waals surface area contributed by atoms with Crippen LogP contribution in [-0.4, -0.2) is 55.2 Å². The first-order valence-corrected chi connectivity index (χ1v) is 5.34. The average molecular weight is 186 g/mol. The van der Waals surface area contributed by atoms with Gasteiger partial charge in [0.2, 0.25) is 0 Å². The number of piperidine rings is 1. The lowest BCUT2D eigenvalue weighted by Crippen LogP contribution is -2.50. The lowest BCUT2D eigenvalue weighted by atomic mass is 10.0. The van der Waals surface area contributed by atoms with E-state index in [1.807, 2.05) is 7.05 Å². The zero-order chi connectivity index (χ0) is 9.26. The fourth-order valence-corrected chi connectivity index (χ4v) is 2.53. The largest absolute Gasteiger partial charge is 0.303 e. The molecule has 2 aliphatic heterocycles. The molecule has 76 valence electrons. The van der Waals surface area contributed by atoms with E-state index in [-0.39, 0.29) is 6.04 Å². The van der Waals surface area contributed by atoms with Crippen LogP contribution >= 0.6 is 0 Å². The SMILES string of the molecule is CN1CCC(N2CCCC2)C(F)C1. The molecule has 0 amide bonds. The van der Waals surface area contributed by atoms with Crippen molar-refractivity contribution >= 4 is 0 Å². The zero-order valence-corrected chi connectivity index (χ0v) is 8.38. The van der Waals surface area contributed by atoms with Crippen molar-refractivity contribution in [2.24, 2.45) is 0 Å². The first kappa shape index (κ1) is 9.41. The van der Waals surface area contributed by atoms with Crippen molar-refractivity contribution in [3.63, 3.8) is 0 Å². The Kier molecular flexibility index (Phi) is 2.84. The summed E-state index contributed by atoms with van der Waals surface area (Å²) in [6.45, 7) is 3.92. The highest BCUT2D eigenvalue weighted by Gasteiger charge is 2.33. The van der Waals surface area contributed by atoms with Crippen molar-refractivity contribution in [2.45, 2.75) is 31.5 Å². The number of hydrogen-bond acceptors (Lipinski definition) is 2. The Labute approximate surface area is 79.7 Å². The van der Waals surface area contributed by atoms with E-state index in [0.29, 0.717) is 6.54 Å². The molecule has 0 N–H and O–H groups in total. The highest BCUT2D eigenvalue weighted by Crippen LogP contribution is 2.22. The summed E-state index contributed by atoms with van der Waals surface area (Å²) < 4.78 is 13.7. The van der Waals surface area contributed by atoms with Gasteiger partial charge in [0.05, 0.1) is 0 Å². The Balaban J connectivity index is 1.91. The van der Waals surface area contributed by atoms with E-state index in [9.17, 15) is 4.39 Å². The van der Waals surface area contributed by atoms with Crippen LogP contribution in [0.25, 0.3) is 0 Å². The molecule has 2 aliphatic rings.